The van der Waals surface area contributed by atoms with Gasteiger partial charge in [0.25, 0.3) is 0 Å². The zero-order valence-electron chi connectivity index (χ0n) is 14.5. The van der Waals surface area contributed by atoms with Crippen molar-refractivity contribution in [2.45, 2.75) is 0 Å². The van der Waals surface area contributed by atoms with Crippen molar-refractivity contribution in [2.75, 3.05) is 39.6 Å². The van der Waals surface area contributed by atoms with Gasteiger partial charge in [-0.1, -0.05) is 18.2 Å². The van der Waals surface area contributed by atoms with E-state index in [1.54, 1.807) is 37.5 Å². The number of benzene rings is 2. The lowest BCUT2D eigenvalue weighted by Gasteiger charge is -2.11. The molecule has 0 unspecified atom stereocenters. The van der Waals surface area contributed by atoms with Crippen LogP contribution in [0.1, 0.15) is 15.9 Å². The van der Waals surface area contributed by atoms with Crippen molar-refractivity contribution < 1.29 is 9.53 Å². The standard InChI is InChI=1S/C20H24N2O2/c1-22(2)15-14-21-18-9-4-16(5-10-18)6-13-20(23)17-7-11-19(24-3)12-8-17/h4-13,21H,14-15H2,1-3H3/b13-6+. The lowest BCUT2D eigenvalue weighted by Crippen LogP contribution is -2.20. The Morgan fingerprint density at radius 2 is 1.75 bits per heavy atom. The summed E-state index contributed by atoms with van der Waals surface area (Å²) in [5.41, 5.74) is 2.72. The Labute approximate surface area is 143 Å². The first-order valence-corrected chi connectivity index (χ1v) is 7.93. The Kier molecular flexibility index (Phi) is 6.58. The molecule has 0 spiro atoms. The summed E-state index contributed by atoms with van der Waals surface area (Å²) in [4.78, 5) is 14.3. The molecule has 0 aliphatic rings. The number of methoxy groups -OCH3 is 1. The van der Waals surface area contributed by atoms with Crippen LogP contribution in [0.2, 0.25) is 0 Å². The van der Waals surface area contributed by atoms with Crippen LogP contribution in [-0.4, -0.2) is 45.0 Å². The van der Waals surface area contributed by atoms with Crippen molar-refractivity contribution in [3.63, 3.8) is 0 Å². The van der Waals surface area contributed by atoms with Gasteiger partial charge in [-0.05, 0) is 62.1 Å². The number of hydrogen-bond acceptors (Lipinski definition) is 4. The van der Waals surface area contributed by atoms with Crippen LogP contribution in [0.5, 0.6) is 5.75 Å². The molecule has 4 nitrogen and oxygen atoms in total. The maximum atomic E-state index is 12.1. The number of allylic oxidation sites excluding steroid dienone is 1. The molecule has 0 aromatic heterocycles. The molecule has 2 rings (SSSR count). The van der Waals surface area contributed by atoms with Gasteiger partial charge in [-0.15, -0.1) is 0 Å². The van der Waals surface area contributed by atoms with Gasteiger partial charge in [0.2, 0.25) is 0 Å². The number of rotatable bonds is 8. The Morgan fingerprint density at radius 3 is 2.33 bits per heavy atom. The number of ketones is 1. The highest BCUT2D eigenvalue weighted by atomic mass is 16.5. The second kappa shape index (κ2) is 8.89. The van der Waals surface area contributed by atoms with Crippen LogP contribution in [-0.2, 0) is 0 Å². The lowest BCUT2D eigenvalue weighted by molar-refractivity contribution is 0.104. The Bertz CT molecular complexity index is 674. The normalized spacial score (nSPS) is 11.0. The molecule has 0 aliphatic carbocycles. The molecule has 4 heteroatoms. The number of ether oxygens (including phenoxy) is 1. The van der Waals surface area contributed by atoms with Gasteiger partial charge >= 0.3 is 0 Å². The van der Waals surface area contributed by atoms with E-state index in [2.05, 4.69) is 24.3 Å². The van der Waals surface area contributed by atoms with Gasteiger partial charge in [-0.3, -0.25) is 4.79 Å². The monoisotopic (exact) mass is 324 g/mol. The van der Waals surface area contributed by atoms with E-state index in [0.717, 1.165) is 30.1 Å². The highest BCUT2D eigenvalue weighted by Crippen LogP contribution is 2.14. The fraction of sp³-hybridized carbons (Fsp3) is 0.250. The summed E-state index contributed by atoms with van der Waals surface area (Å²) in [5.74, 6) is 0.721. The van der Waals surface area contributed by atoms with E-state index >= 15 is 0 Å². The second-order valence-electron chi connectivity index (χ2n) is 5.78. The number of carbonyl (C=O) groups is 1. The molecule has 0 heterocycles. The summed E-state index contributed by atoms with van der Waals surface area (Å²) in [7, 11) is 5.71. The van der Waals surface area contributed by atoms with Gasteiger partial charge in [-0.25, -0.2) is 0 Å². The van der Waals surface area contributed by atoms with Crippen LogP contribution >= 0.6 is 0 Å². The third-order valence-electron chi connectivity index (χ3n) is 3.60. The third kappa shape index (κ3) is 5.56. The van der Waals surface area contributed by atoms with E-state index in [4.69, 9.17) is 4.74 Å². The van der Waals surface area contributed by atoms with Gasteiger partial charge < -0.3 is 15.0 Å². The first-order valence-electron chi connectivity index (χ1n) is 7.93. The van der Waals surface area contributed by atoms with Gasteiger partial charge in [-0.2, -0.15) is 0 Å². The van der Waals surface area contributed by atoms with Crippen LogP contribution in [0.15, 0.2) is 54.6 Å². The lowest BCUT2D eigenvalue weighted by atomic mass is 10.1. The van der Waals surface area contributed by atoms with Gasteiger partial charge in [0.05, 0.1) is 7.11 Å². The van der Waals surface area contributed by atoms with Crippen molar-refractivity contribution in [3.8, 4) is 5.75 Å². The number of nitrogens with one attached hydrogen (secondary N) is 1. The summed E-state index contributed by atoms with van der Waals surface area (Å²) in [5, 5.41) is 3.36. The second-order valence-corrected chi connectivity index (χ2v) is 5.78. The van der Waals surface area contributed by atoms with Crippen molar-refractivity contribution in [2.24, 2.45) is 0 Å². The molecular formula is C20H24N2O2. The van der Waals surface area contributed by atoms with E-state index < -0.39 is 0 Å². The molecule has 0 fully saturated rings. The van der Waals surface area contributed by atoms with Crippen molar-refractivity contribution in [1.29, 1.82) is 0 Å². The van der Waals surface area contributed by atoms with Crippen LogP contribution in [0.3, 0.4) is 0 Å². The summed E-state index contributed by atoms with van der Waals surface area (Å²) in [6.45, 7) is 1.89. The molecular weight excluding hydrogens is 300 g/mol. The molecule has 0 atom stereocenters. The zero-order valence-corrected chi connectivity index (χ0v) is 14.5. The Hall–Kier alpha value is -2.59. The first kappa shape index (κ1) is 17.8. The number of likely N-dealkylation sites (N-methyl/N-ethyl adjacent to an activating group) is 1. The minimum Gasteiger partial charge on any atom is -0.497 e. The fourth-order valence-electron chi connectivity index (χ4n) is 2.16. The minimum atomic E-state index is -0.0224. The van der Waals surface area contributed by atoms with Gasteiger partial charge in [0.1, 0.15) is 5.75 Å². The van der Waals surface area contributed by atoms with E-state index in [9.17, 15) is 4.79 Å². The summed E-state index contributed by atoms with van der Waals surface area (Å²) in [6, 6.07) is 15.1. The van der Waals surface area contributed by atoms with Crippen molar-refractivity contribution in [1.82, 2.24) is 4.90 Å². The molecule has 0 aliphatic heterocycles. The van der Waals surface area contributed by atoms with Crippen LogP contribution in [0.25, 0.3) is 6.08 Å². The third-order valence-corrected chi connectivity index (χ3v) is 3.60. The molecule has 0 radical (unpaired) electrons. The highest BCUT2D eigenvalue weighted by molar-refractivity contribution is 6.06. The predicted octanol–water partition coefficient (Wildman–Crippen LogP) is 3.56. The molecule has 2 aromatic rings. The quantitative estimate of drug-likeness (QED) is 0.595. The van der Waals surface area contributed by atoms with E-state index in [0.29, 0.717) is 5.56 Å². The summed E-state index contributed by atoms with van der Waals surface area (Å²) >= 11 is 0. The van der Waals surface area contributed by atoms with Crippen molar-refractivity contribution >= 4 is 17.5 Å². The maximum Gasteiger partial charge on any atom is 0.185 e. The van der Waals surface area contributed by atoms with E-state index in [1.807, 2.05) is 30.3 Å². The molecule has 24 heavy (non-hydrogen) atoms. The Morgan fingerprint density at radius 1 is 1.08 bits per heavy atom. The van der Waals surface area contributed by atoms with Gasteiger partial charge in [0.15, 0.2) is 5.78 Å². The number of anilines is 1. The number of nitrogens with zero attached hydrogens (tertiary/aromatic N) is 1. The minimum absolute atomic E-state index is 0.0224. The topological polar surface area (TPSA) is 41.6 Å². The van der Waals surface area contributed by atoms with Gasteiger partial charge in [0, 0.05) is 24.3 Å². The first-order chi connectivity index (χ1) is 11.6. The molecule has 0 amide bonds. The fourth-order valence-corrected chi connectivity index (χ4v) is 2.16. The molecule has 0 saturated carbocycles. The van der Waals surface area contributed by atoms with Crippen LogP contribution < -0.4 is 10.1 Å². The SMILES string of the molecule is COc1ccc(C(=O)/C=C/c2ccc(NCCN(C)C)cc2)cc1. The predicted molar refractivity (Wildman–Crippen MR) is 99.8 cm³/mol. The maximum absolute atomic E-state index is 12.1. The largest absolute Gasteiger partial charge is 0.497 e. The highest BCUT2D eigenvalue weighted by Gasteiger charge is 2.01. The Balaban J connectivity index is 1.92. The molecule has 126 valence electrons. The summed E-state index contributed by atoms with van der Waals surface area (Å²) < 4.78 is 5.09. The molecule has 2 aromatic carbocycles. The summed E-state index contributed by atoms with van der Waals surface area (Å²) in [6.07, 6.45) is 3.42. The molecule has 1 N–H and O–H groups in total. The molecule has 0 bridgehead atoms. The van der Waals surface area contributed by atoms with E-state index in [-0.39, 0.29) is 5.78 Å². The average molecular weight is 324 g/mol. The smallest absolute Gasteiger partial charge is 0.185 e. The average Bonchev–Trinajstić information content (AvgIpc) is 2.60. The zero-order chi connectivity index (χ0) is 17.4. The van der Waals surface area contributed by atoms with Crippen LogP contribution in [0.4, 0.5) is 5.69 Å². The number of hydrogen-bond donors (Lipinski definition) is 1. The molecule has 0 saturated heterocycles. The van der Waals surface area contributed by atoms with E-state index in [1.165, 1.54) is 0 Å². The van der Waals surface area contributed by atoms with Crippen molar-refractivity contribution in [3.05, 3.63) is 65.7 Å². The number of carbonyl (C=O) groups excluding carboxylic acids is 1. The van der Waals surface area contributed by atoms with Crippen LogP contribution in [0, 0.1) is 0 Å².